The van der Waals surface area contributed by atoms with Crippen LogP contribution in [0, 0.1) is 6.92 Å². The molecule has 0 fully saturated rings. The molecule has 1 amide bonds. The first-order valence-corrected chi connectivity index (χ1v) is 4.57. The van der Waals surface area contributed by atoms with E-state index in [1.807, 2.05) is 0 Å². The summed E-state index contributed by atoms with van der Waals surface area (Å²) in [4.78, 5) is 22.2. The van der Waals surface area contributed by atoms with Crippen LogP contribution in [0.4, 0.5) is 0 Å². The Balaban J connectivity index is 2.73. The van der Waals surface area contributed by atoms with Crippen molar-refractivity contribution in [2.75, 3.05) is 0 Å². The molecular weight excluding hydrogens is 216 g/mol. The lowest BCUT2D eigenvalue weighted by Crippen LogP contribution is -2.47. The van der Waals surface area contributed by atoms with Gasteiger partial charge in [0, 0.05) is 6.07 Å². The summed E-state index contributed by atoms with van der Waals surface area (Å²) in [7, 11) is 0. The number of aliphatic hydroxyl groups is 1. The Labute approximate surface area is 91.0 Å². The lowest BCUT2D eigenvalue weighted by Gasteiger charge is -2.15. The monoisotopic (exact) mass is 228 g/mol. The van der Waals surface area contributed by atoms with Gasteiger partial charge < -0.3 is 20.1 Å². The van der Waals surface area contributed by atoms with Gasteiger partial charge in [-0.15, -0.1) is 0 Å². The topological polar surface area (TPSA) is 113 Å². The molecule has 7 nitrogen and oxygen atoms in total. The van der Waals surface area contributed by atoms with Crippen LogP contribution in [0.15, 0.2) is 10.6 Å². The number of carbonyl (C=O) groups is 2. The Hall–Kier alpha value is -1.89. The summed E-state index contributed by atoms with van der Waals surface area (Å²) in [5.74, 6) is -1.58. The maximum absolute atomic E-state index is 11.5. The van der Waals surface area contributed by atoms with E-state index in [1.54, 1.807) is 6.92 Å². The molecule has 0 aliphatic carbocycles. The molecule has 2 atom stereocenters. The van der Waals surface area contributed by atoms with Crippen LogP contribution in [-0.2, 0) is 4.79 Å². The van der Waals surface area contributed by atoms with E-state index in [4.69, 9.17) is 10.2 Å². The number of aryl methyl sites for hydroxylation is 1. The minimum atomic E-state index is -1.37. The third-order valence-electron chi connectivity index (χ3n) is 1.90. The van der Waals surface area contributed by atoms with E-state index in [1.165, 1.54) is 13.0 Å². The SMILES string of the molecule is Cc1cc(C(=O)N[C@H](C(=O)O)[C@@H](C)O)no1. The number of aliphatic hydroxyl groups excluding tert-OH is 1. The van der Waals surface area contributed by atoms with Gasteiger partial charge in [0.15, 0.2) is 11.7 Å². The zero-order chi connectivity index (χ0) is 12.3. The van der Waals surface area contributed by atoms with E-state index in [0.29, 0.717) is 5.76 Å². The highest BCUT2D eigenvalue weighted by Crippen LogP contribution is 2.02. The molecule has 1 aromatic heterocycles. The summed E-state index contributed by atoms with van der Waals surface area (Å²) in [6, 6.07) is 0.000487. The van der Waals surface area contributed by atoms with Crippen molar-refractivity contribution in [3.8, 4) is 0 Å². The van der Waals surface area contributed by atoms with Crippen LogP contribution in [0.3, 0.4) is 0 Å². The minimum absolute atomic E-state index is 0.0237. The average molecular weight is 228 g/mol. The highest BCUT2D eigenvalue weighted by atomic mass is 16.5. The molecule has 88 valence electrons. The summed E-state index contributed by atoms with van der Waals surface area (Å²) in [5, 5.41) is 23.4. The van der Waals surface area contributed by atoms with Crippen LogP contribution in [0.1, 0.15) is 23.2 Å². The maximum Gasteiger partial charge on any atom is 0.328 e. The third kappa shape index (κ3) is 2.80. The molecule has 0 bridgehead atoms. The fourth-order valence-electron chi connectivity index (χ4n) is 1.08. The van der Waals surface area contributed by atoms with Crippen LogP contribution >= 0.6 is 0 Å². The van der Waals surface area contributed by atoms with E-state index in [2.05, 4.69) is 15.0 Å². The normalized spacial score (nSPS) is 14.2. The molecule has 0 aliphatic heterocycles. The molecule has 0 unspecified atom stereocenters. The van der Waals surface area contributed by atoms with Gasteiger partial charge in [0.05, 0.1) is 6.10 Å². The molecule has 7 heteroatoms. The average Bonchev–Trinajstić information content (AvgIpc) is 2.59. The zero-order valence-electron chi connectivity index (χ0n) is 8.80. The lowest BCUT2D eigenvalue weighted by atomic mass is 10.2. The number of amides is 1. The summed E-state index contributed by atoms with van der Waals surface area (Å²) in [6.45, 7) is 2.88. The van der Waals surface area contributed by atoms with Crippen molar-refractivity contribution < 1.29 is 24.3 Å². The Morgan fingerprint density at radius 1 is 1.56 bits per heavy atom. The highest BCUT2D eigenvalue weighted by molar-refractivity contribution is 5.95. The Morgan fingerprint density at radius 3 is 2.56 bits per heavy atom. The second-order valence-electron chi connectivity index (χ2n) is 3.35. The van der Waals surface area contributed by atoms with E-state index >= 15 is 0 Å². The zero-order valence-corrected chi connectivity index (χ0v) is 8.80. The van der Waals surface area contributed by atoms with Gasteiger partial charge in [0.2, 0.25) is 0 Å². The molecule has 1 heterocycles. The first-order valence-electron chi connectivity index (χ1n) is 4.57. The minimum Gasteiger partial charge on any atom is -0.480 e. The number of hydrogen-bond acceptors (Lipinski definition) is 5. The first-order chi connectivity index (χ1) is 7.41. The van der Waals surface area contributed by atoms with Crippen molar-refractivity contribution >= 4 is 11.9 Å². The van der Waals surface area contributed by atoms with E-state index < -0.39 is 24.0 Å². The second-order valence-corrected chi connectivity index (χ2v) is 3.35. The fraction of sp³-hybridized carbons (Fsp3) is 0.444. The molecule has 3 N–H and O–H groups in total. The number of rotatable bonds is 4. The second kappa shape index (κ2) is 4.75. The van der Waals surface area contributed by atoms with Gasteiger partial charge in [-0.1, -0.05) is 5.16 Å². The number of carboxylic acid groups (broad SMARTS) is 1. The summed E-state index contributed by atoms with van der Waals surface area (Å²) in [6.07, 6.45) is -1.20. The van der Waals surface area contributed by atoms with Crippen LogP contribution in [-0.4, -0.2) is 39.4 Å². The number of carbonyl (C=O) groups excluding carboxylic acids is 1. The number of aliphatic carboxylic acids is 1. The quantitative estimate of drug-likeness (QED) is 0.643. The number of carboxylic acids is 1. The highest BCUT2D eigenvalue weighted by Gasteiger charge is 2.26. The molecule has 1 aromatic rings. The molecule has 0 radical (unpaired) electrons. The Kier molecular flexibility index (Phi) is 3.62. The van der Waals surface area contributed by atoms with Crippen molar-refractivity contribution in [3.63, 3.8) is 0 Å². The molecule has 0 spiro atoms. The van der Waals surface area contributed by atoms with Crippen LogP contribution in [0.2, 0.25) is 0 Å². The van der Waals surface area contributed by atoms with Gasteiger partial charge in [-0.3, -0.25) is 4.79 Å². The van der Waals surface area contributed by atoms with Gasteiger partial charge in [-0.2, -0.15) is 0 Å². The first kappa shape index (κ1) is 12.2. The maximum atomic E-state index is 11.5. The molecule has 16 heavy (non-hydrogen) atoms. The standard InChI is InChI=1S/C9H12N2O5/c1-4-3-6(11-16-4)8(13)10-7(5(2)12)9(14)15/h3,5,7,12H,1-2H3,(H,10,13)(H,14,15)/t5-,7+/m1/s1. The van der Waals surface area contributed by atoms with E-state index in [-0.39, 0.29) is 5.69 Å². The number of nitrogens with zero attached hydrogens (tertiary/aromatic N) is 1. The number of hydrogen-bond donors (Lipinski definition) is 3. The van der Waals surface area contributed by atoms with Crippen molar-refractivity contribution in [1.29, 1.82) is 0 Å². The van der Waals surface area contributed by atoms with Crippen molar-refractivity contribution in [2.24, 2.45) is 0 Å². The van der Waals surface area contributed by atoms with Crippen LogP contribution in [0.5, 0.6) is 0 Å². The van der Waals surface area contributed by atoms with Gasteiger partial charge in [-0.25, -0.2) is 4.79 Å². The summed E-state index contributed by atoms with van der Waals surface area (Å²) < 4.78 is 4.67. The molecule has 0 aliphatic rings. The van der Waals surface area contributed by atoms with Crippen molar-refractivity contribution in [2.45, 2.75) is 26.0 Å². The summed E-state index contributed by atoms with van der Waals surface area (Å²) in [5.41, 5.74) is -0.0237. The van der Waals surface area contributed by atoms with Crippen molar-refractivity contribution in [3.05, 3.63) is 17.5 Å². The van der Waals surface area contributed by atoms with Crippen LogP contribution in [0.25, 0.3) is 0 Å². The fourth-order valence-corrected chi connectivity index (χ4v) is 1.08. The number of aromatic nitrogens is 1. The Bertz CT molecular complexity index is 398. The molecule has 0 saturated carbocycles. The van der Waals surface area contributed by atoms with Gasteiger partial charge in [0.1, 0.15) is 5.76 Å². The lowest BCUT2D eigenvalue weighted by molar-refractivity contribution is -0.141. The van der Waals surface area contributed by atoms with Crippen LogP contribution < -0.4 is 5.32 Å². The molecule has 1 rings (SSSR count). The van der Waals surface area contributed by atoms with Gasteiger partial charge in [0.25, 0.3) is 5.91 Å². The number of nitrogens with one attached hydrogen (secondary N) is 1. The van der Waals surface area contributed by atoms with Gasteiger partial charge >= 0.3 is 5.97 Å². The van der Waals surface area contributed by atoms with Crippen molar-refractivity contribution in [1.82, 2.24) is 10.5 Å². The molecular formula is C9H12N2O5. The third-order valence-corrected chi connectivity index (χ3v) is 1.90. The van der Waals surface area contributed by atoms with Gasteiger partial charge in [-0.05, 0) is 13.8 Å². The molecule has 0 saturated heterocycles. The predicted octanol–water partition coefficient (Wildman–Crippen LogP) is -0.453. The predicted molar refractivity (Wildman–Crippen MR) is 51.8 cm³/mol. The summed E-state index contributed by atoms with van der Waals surface area (Å²) >= 11 is 0. The van der Waals surface area contributed by atoms with E-state index in [9.17, 15) is 9.59 Å². The largest absolute Gasteiger partial charge is 0.480 e. The molecule has 0 aromatic carbocycles. The Morgan fingerprint density at radius 2 is 2.19 bits per heavy atom. The van der Waals surface area contributed by atoms with E-state index in [0.717, 1.165) is 0 Å². The smallest absolute Gasteiger partial charge is 0.328 e.